The Balaban J connectivity index is 1.62. The monoisotopic (exact) mass is 506 g/mol. The maximum atomic E-state index is 16.3. The van der Waals surface area contributed by atoms with Crippen molar-refractivity contribution in [2.75, 3.05) is 24.6 Å². The number of aromatic nitrogens is 3. The Morgan fingerprint density at radius 1 is 1.25 bits per heavy atom. The van der Waals surface area contributed by atoms with Crippen LogP contribution in [0.3, 0.4) is 0 Å². The summed E-state index contributed by atoms with van der Waals surface area (Å²) < 4.78 is 39.2. The predicted molar refractivity (Wildman–Crippen MR) is 134 cm³/mol. The third-order valence-electron chi connectivity index (χ3n) is 6.58. The molecule has 0 radical (unpaired) electrons. The summed E-state index contributed by atoms with van der Waals surface area (Å²) in [6, 6.07) is 8.25. The first-order valence-corrected chi connectivity index (χ1v) is 12.4. The van der Waals surface area contributed by atoms with E-state index in [1.807, 2.05) is 12.1 Å². The van der Waals surface area contributed by atoms with Crippen LogP contribution in [0.2, 0.25) is 0 Å². The third kappa shape index (κ3) is 3.35. The van der Waals surface area contributed by atoms with Gasteiger partial charge in [0.05, 0.1) is 33.4 Å². The van der Waals surface area contributed by atoms with E-state index in [2.05, 4.69) is 9.97 Å². The lowest BCUT2D eigenvalue weighted by Crippen LogP contribution is -2.24. The molecule has 1 fully saturated rings. The van der Waals surface area contributed by atoms with E-state index in [1.165, 1.54) is 15.7 Å². The van der Waals surface area contributed by atoms with Crippen LogP contribution < -0.4 is 10.3 Å². The van der Waals surface area contributed by atoms with Crippen LogP contribution >= 0.6 is 11.3 Å². The van der Waals surface area contributed by atoms with E-state index < -0.39 is 23.0 Å². The Morgan fingerprint density at radius 2 is 2.08 bits per heavy atom. The number of hydrogen-bond acceptors (Lipinski definition) is 7. The largest absolute Gasteiger partial charge is 0.462 e. The van der Waals surface area contributed by atoms with Crippen LogP contribution in [0.1, 0.15) is 35.3 Å². The Morgan fingerprint density at radius 3 is 2.86 bits per heavy atom. The molecule has 182 valence electrons. The van der Waals surface area contributed by atoms with Gasteiger partial charge in [-0.25, -0.2) is 13.6 Å². The van der Waals surface area contributed by atoms with Crippen LogP contribution in [0.15, 0.2) is 53.7 Å². The maximum absolute atomic E-state index is 16.3. The van der Waals surface area contributed by atoms with Crippen LogP contribution in [-0.2, 0) is 4.74 Å². The maximum Gasteiger partial charge on any atom is 0.345 e. The lowest BCUT2D eigenvalue weighted by molar-refractivity contribution is 0.0527. The number of benzene rings is 2. The van der Waals surface area contributed by atoms with Gasteiger partial charge in [0.1, 0.15) is 21.9 Å². The Hall–Kier alpha value is -3.92. The zero-order valence-corrected chi connectivity index (χ0v) is 20.0. The van der Waals surface area contributed by atoms with Gasteiger partial charge in [-0.1, -0.05) is 12.1 Å². The molecule has 0 spiro atoms. The molecular weight excluding hydrogens is 486 g/mol. The zero-order chi connectivity index (χ0) is 25.0. The van der Waals surface area contributed by atoms with Gasteiger partial charge in [0.15, 0.2) is 5.82 Å². The van der Waals surface area contributed by atoms with Gasteiger partial charge in [-0.05, 0) is 31.5 Å². The molecule has 1 aliphatic heterocycles. The fourth-order valence-corrected chi connectivity index (χ4v) is 6.17. The summed E-state index contributed by atoms with van der Waals surface area (Å²) in [5, 5.41) is -0.206. The molecule has 0 bridgehead atoms. The molecule has 7 nitrogen and oxygen atoms in total. The second-order valence-electron chi connectivity index (χ2n) is 8.61. The average Bonchev–Trinajstić information content (AvgIpc) is 3.50. The highest BCUT2D eigenvalue weighted by atomic mass is 32.1. The van der Waals surface area contributed by atoms with Crippen molar-refractivity contribution in [1.82, 2.24) is 14.4 Å². The van der Waals surface area contributed by atoms with Crippen LogP contribution in [0.5, 0.6) is 0 Å². The molecule has 1 atom stereocenters. The van der Waals surface area contributed by atoms with Crippen molar-refractivity contribution >= 4 is 48.9 Å². The van der Waals surface area contributed by atoms with E-state index in [-0.39, 0.29) is 39.5 Å². The normalized spacial score (nSPS) is 15.9. The SMILES string of the molecule is CCOC(=O)c1c(=O)c2cc(F)c(N3CCC(c4cnccn4)C3)c(F)c2n2c1sc1ccccc12. The van der Waals surface area contributed by atoms with Crippen LogP contribution in [0, 0.1) is 11.6 Å². The number of pyridine rings is 1. The summed E-state index contributed by atoms with van der Waals surface area (Å²) in [6.07, 6.45) is 5.51. The topological polar surface area (TPSA) is 76.8 Å². The number of carbonyl (C=O) groups is 1. The van der Waals surface area contributed by atoms with E-state index in [1.54, 1.807) is 42.5 Å². The standard InChI is InChI=1S/C26H20F2N4O3S/c1-2-35-26(34)20-24(33)15-11-16(27)23(31-10-7-14(13-31)17-12-29-8-9-30-17)21(28)22(15)32-18-5-3-4-6-19(18)36-25(20)32/h3-6,8-9,11-12,14H,2,7,10,13H2,1H3. The zero-order valence-electron chi connectivity index (χ0n) is 19.2. The number of ether oxygens (including phenoxy) is 1. The van der Waals surface area contributed by atoms with Crippen molar-refractivity contribution in [2.24, 2.45) is 0 Å². The van der Waals surface area contributed by atoms with E-state index >= 15 is 8.78 Å². The summed E-state index contributed by atoms with van der Waals surface area (Å²) in [4.78, 5) is 36.6. The molecule has 6 rings (SSSR count). The van der Waals surface area contributed by atoms with Crippen molar-refractivity contribution in [1.29, 1.82) is 0 Å². The fraction of sp³-hybridized carbons (Fsp3) is 0.231. The van der Waals surface area contributed by atoms with E-state index in [9.17, 15) is 9.59 Å². The predicted octanol–water partition coefficient (Wildman–Crippen LogP) is 4.91. The first kappa shape index (κ1) is 22.5. The average molecular weight is 507 g/mol. The van der Waals surface area contributed by atoms with Crippen LogP contribution in [0.25, 0.3) is 25.9 Å². The molecule has 5 aromatic rings. The smallest absolute Gasteiger partial charge is 0.345 e. The summed E-state index contributed by atoms with van der Waals surface area (Å²) in [6.45, 7) is 2.48. The number of esters is 1. The lowest BCUT2D eigenvalue weighted by atomic mass is 10.1. The molecular formula is C26H20F2N4O3S. The van der Waals surface area contributed by atoms with E-state index in [0.29, 0.717) is 25.0 Å². The van der Waals surface area contributed by atoms with Crippen molar-refractivity contribution in [3.63, 3.8) is 0 Å². The Kier molecular flexibility index (Phi) is 5.40. The number of carbonyl (C=O) groups excluding carboxylic acids is 1. The molecule has 0 amide bonds. The number of para-hydroxylation sites is 1. The first-order valence-electron chi connectivity index (χ1n) is 11.6. The summed E-state index contributed by atoms with van der Waals surface area (Å²) in [5.74, 6) is -2.53. The van der Waals surface area contributed by atoms with E-state index in [4.69, 9.17) is 4.74 Å². The number of anilines is 1. The number of halogens is 2. The molecule has 0 N–H and O–H groups in total. The van der Waals surface area contributed by atoms with E-state index in [0.717, 1.165) is 16.5 Å². The van der Waals surface area contributed by atoms with Gasteiger partial charge in [-0.2, -0.15) is 0 Å². The summed E-state index contributed by atoms with van der Waals surface area (Å²) in [7, 11) is 0. The molecule has 36 heavy (non-hydrogen) atoms. The molecule has 1 saturated heterocycles. The molecule has 1 unspecified atom stereocenters. The number of hydrogen-bond donors (Lipinski definition) is 0. The van der Waals surface area contributed by atoms with Gasteiger partial charge >= 0.3 is 5.97 Å². The van der Waals surface area contributed by atoms with Gasteiger partial charge < -0.3 is 9.64 Å². The fourth-order valence-electron chi connectivity index (χ4n) is 4.99. The minimum absolute atomic E-state index is 0.0240. The Bertz CT molecular complexity index is 1720. The first-order chi connectivity index (χ1) is 17.5. The van der Waals surface area contributed by atoms with Crippen molar-refractivity contribution in [2.45, 2.75) is 19.3 Å². The van der Waals surface area contributed by atoms with Gasteiger partial charge in [0.2, 0.25) is 5.43 Å². The third-order valence-corrected chi connectivity index (χ3v) is 7.72. The quantitative estimate of drug-likeness (QED) is 0.323. The molecule has 0 aliphatic carbocycles. The number of rotatable bonds is 4. The van der Waals surface area contributed by atoms with Gasteiger partial charge in [0.25, 0.3) is 0 Å². The van der Waals surface area contributed by atoms with Gasteiger partial charge in [-0.15, -0.1) is 11.3 Å². The highest BCUT2D eigenvalue weighted by Gasteiger charge is 2.32. The second-order valence-corrected chi connectivity index (χ2v) is 9.64. The Labute approximate surface area is 207 Å². The van der Waals surface area contributed by atoms with Crippen molar-refractivity contribution in [3.8, 4) is 0 Å². The van der Waals surface area contributed by atoms with Gasteiger partial charge in [0, 0.05) is 37.6 Å². The lowest BCUT2D eigenvalue weighted by Gasteiger charge is -2.21. The molecule has 4 heterocycles. The summed E-state index contributed by atoms with van der Waals surface area (Å²) >= 11 is 1.19. The number of fused-ring (bicyclic) bond motifs is 5. The summed E-state index contributed by atoms with van der Waals surface area (Å²) in [5.41, 5.74) is 0.159. The highest BCUT2D eigenvalue weighted by Crippen LogP contribution is 2.38. The number of nitrogens with zero attached hydrogens (tertiary/aromatic N) is 4. The van der Waals surface area contributed by atoms with Gasteiger partial charge in [-0.3, -0.25) is 19.2 Å². The molecule has 10 heteroatoms. The molecule has 2 aromatic carbocycles. The number of thiazole rings is 1. The van der Waals surface area contributed by atoms with Crippen molar-refractivity contribution < 1.29 is 18.3 Å². The second kappa shape index (κ2) is 8.63. The molecule has 3 aromatic heterocycles. The minimum Gasteiger partial charge on any atom is -0.462 e. The minimum atomic E-state index is -0.855. The van der Waals surface area contributed by atoms with Crippen LogP contribution in [-0.4, -0.2) is 40.0 Å². The van der Waals surface area contributed by atoms with Crippen LogP contribution in [0.4, 0.5) is 14.5 Å². The molecule has 1 aliphatic rings. The highest BCUT2D eigenvalue weighted by molar-refractivity contribution is 7.24. The van der Waals surface area contributed by atoms with Crippen molar-refractivity contribution in [3.05, 3.63) is 82.0 Å². The molecule has 0 saturated carbocycles.